The van der Waals surface area contributed by atoms with Crippen molar-refractivity contribution >= 4 is 27.3 Å². The van der Waals surface area contributed by atoms with Crippen LogP contribution in [0.2, 0.25) is 0 Å². The van der Waals surface area contributed by atoms with Crippen molar-refractivity contribution in [3.05, 3.63) is 59.0 Å². The number of benzene rings is 1. The fraction of sp³-hybridized carbons (Fsp3) is 0.333. The molecule has 3 rings (SSSR count). The molecule has 1 N–H and O–H groups in total. The van der Waals surface area contributed by atoms with Crippen molar-refractivity contribution in [3.8, 4) is 0 Å². The fourth-order valence-corrected chi connectivity index (χ4v) is 3.25. The first kappa shape index (κ1) is 16.0. The molecule has 0 radical (unpaired) electrons. The first-order chi connectivity index (χ1) is 11.3. The van der Waals surface area contributed by atoms with E-state index in [2.05, 4.69) is 68.6 Å². The van der Waals surface area contributed by atoms with Crippen LogP contribution in [0.1, 0.15) is 44.2 Å². The Morgan fingerprint density at radius 2 is 2.04 bits per heavy atom. The van der Waals surface area contributed by atoms with Crippen LogP contribution in [0.3, 0.4) is 0 Å². The number of nitrogens with one attached hydrogen (secondary N) is 1. The Balaban J connectivity index is 1.89. The van der Waals surface area contributed by atoms with Gasteiger partial charge in [-0.25, -0.2) is 9.50 Å². The van der Waals surface area contributed by atoms with Crippen LogP contribution in [0.4, 0.5) is 5.82 Å². The van der Waals surface area contributed by atoms with Crippen LogP contribution < -0.4 is 5.32 Å². The molecule has 2 aromatic heterocycles. The van der Waals surface area contributed by atoms with Crippen LogP contribution in [0.25, 0.3) is 5.52 Å². The van der Waals surface area contributed by atoms with Crippen molar-refractivity contribution in [2.24, 2.45) is 0 Å². The lowest BCUT2D eigenvalue weighted by Gasteiger charge is -2.20. The summed E-state index contributed by atoms with van der Waals surface area (Å²) < 4.78 is 2.79. The molecule has 3 aromatic rings. The van der Waals surface area contributed by atoms with E-state index >= 15 is 0 Å². The van der Waals surface area contributed by atoms with E-state index < -0.39 is 0 Å². The van der Waals surface area contributed by atoms with Gasteiger partial charge in [-0.05, 0) is 27.9 Å². The second-order valence-electron chi connectivity index (χ2n) is 5.66. The minimum Gasteiger partial charge on any atom is -0.361 e. The molecule has 0 saturated carbocycles. The van der Waals surface area contributed by atoms with Gasteiger partial charge >= 0.3 is 0 Å². The Labute approximate surface area is 145 Å². The first-order valence-electron chi connectivity index (χ1n) is 8.09. The predicted octanol–water partition coefficient (Wildman–Crippen LogP) is 5.23. The van der Waals surface area contributed by atoms with Gasteiger partial charge in [-0.2, -0.15) is 5.10 Å². The molecular formula is C18H21BrN4. The quantitative estimate of drug-likeness (QED) is 0.577. The molecule has 0 aliphatic rings. The van der Waals surface area contributed by atoms with E-state index in [-0.39, 0.29) is 6.04 Å². The molecule has 1 aromatic carbocycles. The van der Waals surface area contributed by atoms with E-state index in [4.69, 9.17) is 0 Å². The monoisotopic (exact) mass is 372 g/mol. The first-order valence-corrected chi connectivity index (χ1v) is 8.88. The molecule has 5 heteroatoms. The van der Waals surface area contributed by atoms with Gasteiger partial charge < -0.3 is 5.32 Å². The number of rotatable bonds is 7. The average Bonchev–Trinajstić information content (AvgIpc) is 2.97. The standard InChI is InChI=1S/C18H21BrN4/c1-2-3-5-10-16(14-8-6-4-7-9-14)22-18-17-15(19)13-21-23(17)12-11-20-18/h4,6-9,11-13,16H,2-3,5,10H2,1H3,(H,20,22). The second kappa shape index (κ2) is 7.59. The zero-order valence-electron chi connectivity index (χ0n) is 13.2. The molecule has 0 bridgehead atoms. The fourth-order valence-electron chi connectivity index (χ4n) is 2.78. The van der Waals surface area contributed by atoms with E-state index in [1.807, 2.05) is 10.7 Å². The zero-order valence-corrected chi connectivity index (χ0v) is 14.8. The SMILES string of the molecule is CCCCCC(Nc1nccn2ncc(Br)c12)c1ccccc1. The highest BCUT2D eigenvalue weighted by molar-refractivity contribution is 9.10. The van der Waals surface area contributed by atoms with E-state index in [0.29, 0.717) is 0 Å². The van der Waals surface area contributed by atoms with Crippen molar-refractivity contribution < 1.29 is 0 Å². The molecule has 1 unspecified atom stereocenters. The zero-order chi connectivity index (χ0) is 16.1. The normalized spacial score (nSPS) is 12.4. The third kappa shape index (κ3) is 3.72. The highest BCUT2D eigenvalue weighted by Crippen LogP contribution is 2.29. The summed E-state index contributed by atoms with van der Waals surface area (Å²) in [4.78, 5) is 4.53. The van der Waals surface area contributed by atoms with Crippen LogP contribution in [0.15, 0.2) is 53.4 Å². The van der Waals surface area contributed by atoms with E-state index in [0.717, 1.165) is 22.2 Å². The minimum atomic E-state index is 0.253. The maximum Gasteiger partial charge on any atom is 0.153 e. The third-order valence-corrected chi connectivity index (χ3v) is 4.58. The van der Waals surface area contributed by atoms with E-state index in [9.17, 15) is 0 Å². The van der Waals surface area contributed by atoms with Crippen LogP contribution in [-0.4, -0.2) is 14.6 Å². The van der Waals surface area contributed by atoms with Crippen molar-refractivity contribution in [1.82, 2.24) is 14.6 Å². The Bertz CT molecular complexity index is 754. The number of anilines is 1. The molecule has 1 atom stereocenters. The van der Waals surface area contributed by atoms with Crippen molar-refractivity contribution in [3.63, 3.8) is 0 Å². The van der Waals surface area contributed by atoms with Crippen LogP contribution in [0.5, 0.6) is 0 Å². The molecular weight excluding hydrogens is 352 g/mol. The minimum absolute atomic E-state index is 0.253. The number of halogens is 1. The lowest BCUT2D eigenvalue weighted by Crippen LogP contribution is -2.13. The number of fused-ring (bicyclic) bond motifs is 1. The van der Waals surface area contributed by atoms with Gasteiger partial charge in [-0.15, -0.1) is 0 Å². The predicted molar refractivity (Wildman–Crippen MR) is 97.6 cm³/mol. The molecule has 0 spiro atoms. The number of unbranched alkanes of at least 4 members (excludes halogenated alkanes) is 2. The maximum atomic E-state index is 4.53. The molecule has 0 aliphatic heterocycles. The van der Waals surface area contributed by atoms with Crippen LogP contribution in [-0.2, 0) is 0 Å². The smallest absolute Gasteiger partial charge is 0.153 e. The molecule has 0 fully saturated rings. The van der Waals surface area contributed by atoms with Gasteiger partial charge in [0.2, 0.25) is 0 Å². The van der Waals surface area contributed by atoms with Gasteiger partial charge in [0.05, 0.1) is 16.7 Å². The molecule has 4 nitrogen and oxygen atoms in total. The highest BCUT2D eigenvalue weighted by atomic mass is 79.9. The Morgan fingerprint density at radius 3 is 2.83 bits per heavy atom. The Hall–Kier alpha value is -1.88. The summed E-state index contributed by atoms with van der Waals surface area (Å²) in [6.45, 7) is 2.23. The van der Waals surface area contributed by atoms with E-state index in [1.165, 1.54) is 24.8 Å². The summed E-state index contributed by atoms with van der Waals surface area (Å²) in [7, 11) is 0. The average molecular weight is 373 g/mol. The number of hydrogen-bond acceptors (Lipinski definition) is 3. The van der Waals surface area contributed by atoms with E-state index in [1.54, 1.807) is 12.4 Å². The van der Waals surface area contributed by atoms with Crippen molar-refractivity contribution in [2.75, 3.05) is 5.32 Å². The lowest BCUT2D eigenvalue weighted by atomic mass is 10.0. The van der Waals surface area contributed by atoms with Crippen LogP contribution >= 0.6 is 15.9 Å². The molecule has 120 valence electrons. The van der Waals surface area contributed by atoms with Gasteiger partial charge in [-0.1, -0.05) is 56.5 Å². The molecule has 0 amide bonds. The van der Waals surface area contributed by atoms with Gasteiger partial charge in [0.1, 0.15) is 5.52 Å². The van der Waals surface area contributed by atoms with Crippen LogP contribution in [0, 0.1) is 0 Å². The summed E-state index contributed by atoms with van der Waals surface area (Å²) in [5.74, 6) is 0.863. The lowest BCUT2D eigenvalue weighted by molar-refractivity contribution is 0.605. The van der Waals surface area contributed by atoms with Gasteiger partial charge in [0.25, 0.3) is 0 Å². The maximum absolute atomic E-state index is 4.53. The van der Waals surface area contributed by atoms with Gasteiger partial charge in [0, 0.05) is 12.4 Å². The summed E-state index contributed by atoms with van der Waals surface area (Å²) in [6.07, 6.45) is 10.2. The summed E-state index contributed by atoms with van der Waals surface area (Å²) in [6, 6.07) is 10.8. The second-order valence-corrected chi connectivity index (χ2v) is 6.52. The molecule has 23 heavy (non-hydrogen) atoms. The Kier molecular flexibility index (Phi) is 5.28. The molecule has 2 heterocycles. The molecule has 0 saturated heterocycles. The summed E-state index contributed by atoms with van der Waals surface area (Å²) >= 11 is 3.56. The molecule has 0 aliphatic carbocycles. The topological polar surface area (TPSA) is 42.2 Å². The summed E-state index contributed by atoms with van der Waals surface area (Å²) in [5, 5.41) is 7.95. The number of hydrogen-bond donors (Lipinski definition) is 1. The van der Waals surface area contributed by atoms with Crippen molar-refractivity contribution in [2.45, 2.75) is 38.6 Å². The largest absolute Gasteiger partial charge is 0.361 e. The van der Waals surface area contributed by atoms with Gasteiger partial charge in [0.15, 0.2) is 5.82 Å². The Morgan fingerprint density at radius 1 is 1.22 bits per heavy atom. The summed E-state index contributed by atoms with van der Waals surface area (Å²) in [5.41, 5.74) is 2.27. The van der Waals surface area contributed by atoms with Crippen molar-refractivity contribution in [1.29, 1.82) is 0 Å². The number of nitrogens with zero attached hydrogens (tertiary/aromatic N) is 3. The third-order valence-electron chi connectivity index (χ3n) is 4.00. The van der Waals surface area contributed by atoms with Gasteiger partial charge in [-0.3, -0.25) is 0 Å². The number of aromatic nitrogens is 3. The highest BCUT2D eigenvalue weighted by Gasteiger charge is 2.15.